The van der Waals surface area contributed by atoms with Crippen molar-refractivity contribution in [3.05, 3.63) is 59.7 Å². The number of fused-ring (bicyclic) bond motifs is 1. The normalized spacial score (nSPS) is 17.7. The summed E-state index contributed by atoms with van der Waals surface area (Å²) in [4.78, 5) is 28.1. The van der Waals surface area contributed by atoms with Crippen LogP contribution in [-0.2, 0) is 17.4 Å². The Labute approximate surface area is 178 Å². The van der Waals surface area contributed by atoms with Crippen LogP contribution >= 0.6 is 0 Å². The van der Waals surface area contributed by atoms with E-state index in [1.54, 1.807) is 4.90 Å². The van der Waals surface area contributed by atoms with Crippen LogP contribution in [0.4, 0.5) is 29.3 Å². The number of nitrogens with one attached hydrogen (secondary N) is 2. The minimum absolute atomic E-state index is 0.198. The molecule has 2 aromatic carbocycles. The maximum atomic E-state index is 13.6. The molecule has 0 unspecified atom stereocenters. The van der Waals surface area contributed by atoms with Crippen LogP contribution < -0.4 is 15.5 Å². The van der Waals surface area contributed by atoms with E-state index in [9.17, 15) is 22.8 Å². The van der Waals surface area contributed by atoms with Crippen molar-refractivity contribution in [2.75, 3.05) is 16.8 Å². The van der Waals surface area contributed by atoms with Crippen LogP contribution in [-0.4, -0.2) is 24.0 Å². The molecule has 1 aliphatic heterocycles. The van der Waals surface area contributed by atoms with E-state index in [1.165, 1.54) is 18.2 Å². The molecule has 0 radical (unpaired) electrons. The highest BCUT2D eigenvalue weighted by Gasteiger charge is 2.45. The second-order valence-electron chi connectivity index (χ2n) is 8.10. The Bertz CT molecular complexity index is 984. The minimum atomic E-state index is -4.60. The average molecular weight is 431 g/mol. The lowest BCUT2D eigenvalue weighted by Gasteiger charge is -2.39. The van der Waals surface area contributed by atoms with Gasteiger partial charge in [-0.05, 0) is 43.0 Å². The lowest BCUT2D eigenvalue weighted by molar-refractivity contribution is -0.137. The van der Waals surface area contributed by atoms with Crippen molar-refractivity contribution in [3.8, 4) is 0 Å². The Kier molecular flexibility index (Phi) is 5.64. The number of halogens is 3. The van der Waals surface area contributed by atoms with E-state index < -0.39 is 23.3 Å². The van der Waals surface area contributed by atoms with Crippen LogP contribution in [0.25, 0.3) is 0 Å². The molecule has 0 bridgehead atoms. The van der Waals surface area contributed by atoms with Crippen LogP contribution in [0.15, 0.2) is 48.5 Å². The molecule has 5 nitrogen and oxygen atoms in total. The molecule has 2 aliphatic rings. The molecule has 0 aromatic heterocycles. The van der Waals surface area contributed by atoms with Gasteiger partial charge in [-0.25, -0.2) is 4.79 Å². The van der Waals surface area contributed by atoms with Crippen molar-refractivity contribution in [2.45, 2.75) is 50.2 Å². The quantitative estimate of drug-likeness (QED) is 0.709. The van der Waals surface area contributed by atoms with Crippen LogP contribution in [0.1, 0.15) is 43.2 Å². The summed E-state index contributed by atoms with van der Waals surface area (Å²) in [5.41, 5.74) is -0.486. The number of para-hydroxylation sites is 2. The molecular formula is C23H24F3N3O2. The highest BCUT2D eigenvalue weighted by molar-refractivity contribution is 6.05. The molecule has 0 spiro atoms. The maximum Gasteiger partial charge on any atom is 0.418 e. The molecule has 2 aromatic rings. The second kappa shape index (κ2) is 8.24. The van der Waals surface area contributed by atoms with Crippen molar-refractivity contribution < 1.29 is 22.8 Å². The molecular weight excluding hydrogens is 407 g/mol. The highest BCUT2D eigenvalue weighted by atomic mass is 19.4. The van der Waals surface area contributed by atoms with Crippen LogP contribution in [0.3, 0.4) is 0 Å². The smallest absolute Gasteiger partial charge is 0.323 e. The molecule has 2 N–H and O–H groups in total. The summed E-state index contributed by atoms with van der Waals surface area (Å²) in [6.07, 6.45) is -0.463. The van der Waals surface area contributed by atoms with Gasteiger partial charge in [-0.2, -0.15) is 13.2 Å². The van der Waals surface area contributed by atoms with E-state index in [2.05, 4.69) is 10.6 Å². The molecule has 164 valence electrons. The van der Waals surface area contributed by atoms with Crippen molar-refractivity contribution in [1.29, 1.82) is 0 Å². The molecule has 1 fully saturated rings. The van der Waals surface area contributed by atoms with Crippen molar-refractivity contribution in [1.82, 2.24) is 5.32 Å². The zero-order valence-electron chi connectivity index (χ0n) is 17.0. The van der Waals surface area contributed by atoms with E-state index in [-0.39, 0.29) is 11.6 Å². The van der Waals surface area contributed by atoms with E-state index in [0.717, 1.165) is 43.0 Å². The van der Waals surface area contributed by atoms with E-state index in [0.29, 0.717) is 19.4 Å². The lowest BCUT2D eigenvalue weighted by Crippen LogP contribution is -2.61. The maximum absolute atomic E-state index is 13.6. The molecule has 1 saturated carbocycles. The van der Waals surface area contributed by atoms with Crippen molar-refractivity contribution in [3.63, 3.8) is 0 Å². The number of hydrogen-bond acceptors (Lipinski definition) is 2. The first-order valence-corrected chi connectivity index (χ1v) is 10.5. The summed E-state index contributed by atoms with van der Waals surface area (Å²) in [6.45, 7) is 0.528. The highest BCUT2D eigenvalue weighted by Crippen LogP contribution is 2.37. The zero-order valence-corrected chi connectivity index (χ0v) is 17.0. The van der Waals surface area contributed by atoms with Crippen LogP contribution in [0.2, 0.25) is 0 Å². The van der Waals surface area contributed by atoms with Crippen molar-refractivity contribution in [2.24, 2.45) is 0 Å². The van der Waals surface area contributed by atoms with E-state index in [1.807, 2.05) is 24.3 Å². The Morgan fingerprint density at radius 1 is 0.935 bits per heavy atom. The number of amides is 3. The van der Waals surface area contributed by atoms with E-state index >= 15 is 0 Å². The van der Waals surface area contributed by atoms with Crippen LogP contribution in [0, 0.1) is 0 Å². The van der Waals surface area contributed by atoms with Gasteiger partial charge in [0.15, 0.2) is 0 Å². The van der Waals surface area contributed by atoms with Gasteiger partial charge in [-0.15, -0.1) is 0 Å². The van der Waals surface area contributed by atoms with Gasteiger partial charge in [0.2, 0.25) is 0 Å². The number of benzene rings is 2. The third-order valence-electron chi connectivity index (χ3n) is 6.08. The number of carbonyl (C=O) groups is 2. The third kappa shape index (κ3) is 4.24. The minimum Gasteiger partial charge on any atom is -0.323 e. The number of nitrogens with zero attached hydrogens (tertiary/aromatic N) is 1. The standard InChI is InChI=1S/C23H24F3N3O2/c24-23(25,26)17-9-3-4-10-18(17)27-21(31)28-22(13-6-1-7-14-22)20(30)29-15-12-16-8-2-5-11-19(16)29/h2-5,8-11H,1,6-7,12-15H2,(H2,27,28,31). The number of urea groups is 1. The third-order valence-corrected chi connectivity index (χ3v) is 6.08. The summed E-state index contributed by atoms with van der Waals surface area (Å²) in [5, 5.41) is 5.07. The number of alkyl halides is 3. The van der Waals surface area contributed by atoms with Gasteiger partial charge in [-0.3, -0.25) is 4.79 Å². The molecule has 0 atom stereocenters. The SMILES string of the molecule is O=C(Nc1ccccc1C(F)(F)F)NC1(C(=O)N2CCc3ccccc32)CCCCC1. The summed E-state index contributed by atoms with van der Waals surface area (Å²) in [6, 6.07) is 11.7. The van der Waals surface area contributed by atoms with Crippen molar-refractivity contribution >= 4 is 23.3 Å². The van der Waals surface area contributed by atoms with Gasteiger partial charge in [0, 0.05) is 12.2 Å². The van der Waals surface area contributed by atoms with Gasteiger partial charge < -0.3 is 15.5 Å². The fourth-order valence-electron chi connectivity index (χ4n) is 4.57. The Morgan fingerprint density at radius 2 is 1.61 bits per heavy atom. The summed E-state index contributed by atoms with van der Waals surface area (Å²) >= 11 is 0. The van der Waals surface area contributed by atoms with Crippen LogP contribution in [0.5, 0.6) is 0 Å². The van der Waals surface area contributed by atoms with Gasteiger partial charge in [0.1, 0.15) is 5.54 Å². The Morgan fingerprint density at radius 3 is 2.35 bits per heavy atom. The Hall–Kier alpha value is -3.03. The number of anilines is 2. The molecule has 31 heavy (non-hydrogen) atoms. The fourth-order valence-corrected chi connectivity index (χ4v) is 4.57. The monoisotopic (exact) mass is 431 g/mol. The molecule has 3 amide bonds. The first-order chi connectivity index (χ1) is 14.8. The lowest BCUT2D eigenvalue weighted by atomic mass is 9.80. The van der Waals surface area contributed by atoms with Gasteiger partial charge in [0.05, 0.1) is 11.3 Å². The first kappa shape index (κ1) is 21.2. The fraction of sp³-hybridized carbons (Fsp3) is 0.391. The summed E-state index contributed by atoms with van der Waals surface area (Å²) in [7, 11) is 0. The zero-order chi connectivity index (χ0) is 22.1. The second-order valence-corrected chi connectivity index (χ2v) is 8.10. The predicted molar refractivity (Wildman–Crippen MR) is 112 cm³/mol. The topological polar surface area (TPSA) is 61.4 Å². The predicted octanol–water partition coefficient (Wildman–Crippen LogP) is 5.12. The number of hydrogen-bond donors (Lipinski definition) is 2. The number of rotatable bonds is 3. The summed E-state index contributed by atoms with van der Waals surface area (Å²) < 4.78 is 39.8. The largest absolute Gasteiger partial charge is 0.418 e. The molecule has 1 heterocycles. The molecule has 0 saturated heterocycles. The van der Waals surface area contributed by atoms with Gasteiger partial charge >= 0.3 is 12.2 Å². The number of carbonyl (C=O) groups excluding carboxylic acids is 2. The first-order valence-electron chi connectivity index (χ1n) is 10.5. The molecule has 8 heteroatoms. The van der Waals surface area contributed by atoms with Gasteiger partial charge in [0.25, 0.3) is 5.91 Å². The summed E-state index contributed by atoms with van der Waals surface area (Å²) in [5.74, 6) is -0.198. The van der Waals surface area contributed by atoms with E-state index in [4.69, 9.17) is 0 Å². The molecule has 1 aliphatic carbocycles. The Balaban J connectivity index is 1.57. The average Bonchev–Trinajstić information content (AvgIpc) is 3.17. The van der Waals surface area contributed by atoms with Gasteiger partial charge in [-0.1, -0.05) is 49.6 Å². The molecule has 4 rings (SSSR count).